The van der Waals surface area contributed by atoms with E-state index in [1.54, 1.807) is 25.1 Å². The number of aliphatic carboxylic acids is 2. The van der Waals surface area contributed by atoms with Crippen molar-refractivity contribution in [3.63, 3.8) is 0 Å². The normalized spacial score (nSPS) is 11.9. The summed E-state index contributed by atoms with van der Waals surface area (Å²) in [6.45, 7) is 1.78. The van der Waals surface area contributed by atoms with Crippen LogP contribution in [0, 0.1) is 6.92 Å². The molecule has 0 saturated heterocycles. The highest BCUT2D eigenvalue weighted by Crippen LogP contribution is 2.31. The van der Waals surface area contributed by atoms with Gasteiger partial charge in [0.1, 0.15) is 5.75 Å². The summed E-state index contributed by atoms with van der Waals surface area (Å²) in [5, 5.41) is 17.8. The van der Waals surface area contributed by atoms with Crippen LogP contribution in [0.1, 0.15) is 23.5 Å². The van der Waals surface area contributed by atoms with Gasteiger partial charge in [-0.15, -0.1) is 0 Å². The van der Waals surface area contributed by atoms with Crippen LogP contribution in [0.15, 0.2) is 18.2 Å². The molecule has 1 aromatic carbocycles. The van der Waals surface area contributed by atoms with Gasteiger partial charge in [-0.3, -0.25) is 9.59 Å². The van der Waals surface area contributed by atoms with E-state index in [0.29, 0.717) is 11.3 Å². The summed E-state index contributed by atoms with van der Waals surface area (Å²) in [4.78, 5) is 21.8. The van der Waals surface area contributed by atoms with E-state index in [-0.39, 0.29) is 0 Å². The van der Waals surface area contributed by atoms with E-state index >= 15 is 0 Å². The molecule has 17 heavy (non-hydrogen) atoms. The number of carboxylic acids is 2. The van der Waals surface area contributed by atoms with Gasteiger partial charge in [-0.1, -0.05) is 18.2 Å². The second-order valence-electron chi connectivity index (χ2n) is 3.69. The summed E-state index contributed by atoms with van der Waals surface area (Å²) >= 11 is 0. The van der Waals surface area contributed by atoms with Crippen molar-refractivity contribution in [1.29, 1.82) is 0 Å². The number of carbonyl (C=O) groups is 2. The molecular weight excluding hydrogens is 224 g/mol. The molecule has 0 amide bonds. The van der Waals surface area contributed by atoms with E-state index in [1.807, 2.05) is 0 Å². The number of hydrogen-bond acceptors (Lipinski definition) is 3. The summed E-state index contributed by atoms with van der Waals surface area (Å²) in [5.74, 6) is -2.99. The molecular formula is C12H14O5. The topological polar surface area (TPSA) is 83.8 Å². The first-order valence-electron chi connectivity index (χ1n) is 5.05. The maximum Gasteiger partial charge on any atom is 0.311 e. The van der Waals surface area contributed by atoms with Gasteiger partial charge in [0, 0.05) is 5.56 Å². The Balaban J connectivity index is 3.22. The van der Waals surface area contributed by atoms with Gasteiger partial charge < -0.3 is 14.9 Å². The molecule has 1 unspecified atom stereocenters. The lowest BCUT2D eigenvalue weighted by atomic mass is 9.93. The zero-order chi connectivity index (χ0) is 13.0. The summed E-state index contributed by atoms with van der Waals surface area (Å²) in [5.41, 5.74) is 1.17. The Labute approximate surface area is 98.6 Å². The lowest BCUT2D eigenvalue weighted by Crippen LogP contribution is -2.17. The number of ether oxygens (including phenoxy) is 1. The molecule has 5 heteroatoms. The average Bonchev–Trinajstić information content (AvgIpc) is 2.25. The van der Waals surface area contributed by atoms with Crippen LogP contribution in [-0.4, -0.2) is 29.3 Å². The van der Waals surface area contributed by atoms with E-state index < -0.39 is 24.3 Å². The minimum absolute atomic E-state index is 0.391. The van der Waals surface area contributed by atoms with Crippen LogP contribution >= 0.6 is 0 Å². The van der Waals surface area contributed by atoms with Crippen molar-refractivity contribution in [3.05, 3.63) is 29.3 Å². The van der Waals surface area contributed by atoms with Crippen molar-refractivity contribution in [3.8, 4) is 5.75 Å². The third-order valence-corrected chi connectivity index (χ3v) is 2.50. The summed E-state index contributed by atoms with van der Waals surface area (Å²) in [7, 11) is 1.44. The molecule has 1 atom stereocenters. The lowest BCUT2D eigenvalue weighted by molar-refractivity contribution is -0.145. The quantitative estimate of drug-likeness (QED) is 0.814. The molecule has 1 aromatic rings. The van der Waals surface area contributed by atoms with Crippen LogP contribution in [0.5, 0.6) is 5.75 Å². The van der Waals surface area contributed by atoms with Crippen LogP contribution in [0.2, 0.25) is 0 Å². The van der Waals surface area contributed by atoms with Crippen molar-refractivity contribution in [2.75, 3.05) is 7.11 Å². The largest absolute Gasteiger partial charge is 0.496 e. The molecule has 0 spiro atoms. The number of para-hydroxylation sites is 1. The van der Waals surface area contributed by atoms with Crippen LogP contribution < -0.4 is 4.74 Å². The van der Waals surface area contributed by atoms with Crippen molar-refractivity contribution >= 4 is 11.9 Å². The van der Waals surface area contributed by atoms with Crippen molar-refractivity contribution < 1.29 is 24.5 Å². The molecule has 92 valence electrons. The zero-order valence-electron chi connectivity index (χ0n) is 9.64. The minimum atomic E-state index is -1.17. The summed E-state index contributed by atoms with van der Waals surface area (Å²) in [6.07, 6.45) is -0.463. The van der Waals surface area contributed by atoms with Crippen LogP contribution in [0.3, 0.4) is 0 Å². The lowest BCUT2D eigenvalue weighted by Gasteiger charge is -2.16. The Hall–Kier alpha value is -2.04. The molecule has 0 aliphatic carbocycles. The number of hydrogen-bond donors (Lipinski definition) is 2. The SMILES string of the molecule is COc1c(C)cccc1C(CC(=O)O)C(=O)O. The zero-order valence-corrected chi connectivity index (χ0v) is 9.64. The second-order valence-corrected chi connectivity index (χ2v) is 3.69. The van der Waals surface area contributed by atoms with Crippen LogP contribution in [0.4, 0.5) is 0 Å². The third kappa shape index (κ3) is 2.96. The number of benzene rings is 1. The average molecular weight is 238 g/mol. The first kappa shape index (κ1) is 13.0. The van der Waals surface area contributed by atoms with Gasteiger partial charge in [0.25, 0.3) is 0 Å². The maximum absolute atomic E-state index is 11.1. The standard InChI is InChI=1S/C12H14O5/c1-7-4-3-5-8(11(7)17-2)9(12(15)16)6-10(13)14/h3-5,9H,6H2,1-2H3,(H,13,14)(H,15,16). The van der Waals surface area contributed by atoms with E-state index in [2.05, 4.69) is 0 Å². The fourth-order valence-corrected chi connectivity index (χ4v) is 1.73. The first-order chi connectivity index (χ1) is 7.97. The molecule has 0 aliphatic rings. The van der Waals surface area contributed by atoms with Crippen molar-refractivity contribution in [1.82, 2.24) is 0 Å². The molecule has 0 aliphatic heterocycles. The Morgan fingerprint density at radius 2 is 2.00 bits per heavy atom. The second kappa shape index (κ2) is 5.34. The highest BCUT2D eigenvalue weighted by molar-refractivity contribution is 5.83. The highest BCUT2D eigenvalue weighted by Gasteiger charge is 2.26. The predicted octanol–water partition coefficient (Wildman–Crippen LogP) is 1.65. The third-order valence-electron chi connectivity index (χ3n) is 2.50. The van der Waals surface area contributed by atoms with Crippen LogP contribution in [-0.2, 0) is 9.59 Å². The van der Waals surface area contributed by atoms with E-state index in [1.165, 1.54) is 7.11 Å². The number of carboxylic acid groups (broad SMARTS) is 2. The first-order valence-corrected chi connectivity index (χ1v) is 5.05. The molecule has 0 fully saturated rings. The molecule has 2 N–H and O–H groups in total. The van der Waals surface area contributed by atoms with Gasteiger partial charge in [0.2, 0.25) is 0 Å². The minimum Gasteiger partial charge on any atom is -0.496 e. The fraction of sp³-hybridized carbons (Fsp3) is 0.333. The van der Waals surface area contributed by atoms with Gasteiger partial charge in [0.05, 0.1) is 19.4 Å². The van der Waals surface area contributed by atoms with E-state index in [4.69, 9.17) is 14.9 Å². The van der Waals surface area contributed by atoms with Crippen molar-refractivity contribution in [2.24, 2.45) is 0 Å². The predicted molar refractivity (Wildman–Crippen MR) is 60.4 cm³/mol. The Bertz CT molecular complexity index is 439. The number of methoxy groups -OCH3 is 1. The smallest absolute Gasteiger partial charge is 0.311 e. The molecule has 0 radical (unpaired) electrons. The van der Waals surface area contributed by atoms with Gasteiger partial charge in [0.15, 0.2) is 0 Å². The van der Waals surface area contributed by atoms with Crippen molar-refractivity contribution in [2.45, 2.75) is 19.3 Å². The van der Waals surface area contributed by atoms with E-state index in [0.717, 1.165) is 5.56 Å². The van der Waals surface area contributed by atoms with Gasteiger partial charge in [-0.25, -0.2) is 0 Å². The molecule has 0 saturated carbocycles. The monoisotopic (exact) mass is 238 g/mol. The Morgan fingerprint density at radius 3 is 2.47 bits per heavy atom. The highest BCUT2D eigenvalue weighted by atomic mass is 16.5. The molecule has 0 bridgehead atoms. The Morgan fingerprint density at radius 1 is 1.35 bits per heavy atom. The van der Waals surface area contributed by atoms with Gasteiger partial charge in [-0.2, -0.15) is 0 Å². The fourth-order valence-electron chi connectivity index (χ4n) is 1.73. The summed E-state index contributed by atoms with van der Waals surface area (Å²) in [6, 6.07) is 5.04. The van der Waals surface area contributed by atoms with Gasteiger partial charge in [-0.05, 0) is 12.5 Å². The number of aryl methyl sites for hydroxylation is 1. The molecule has 5 nitrogen and oxygen atoms in total. The molecule has 0 heterocycles. The maximum atomic E-state index is 11.1. The molecule has 0 aromatic heterocycles. The molecule has 1 rings (SSSR count). The van der Waals surface area contributed by atoms with Gasteiger partial charge >= 0.3 is 11.9 Å². The Kier molecular flexibility index (Phi) is 4.09. The van der Waals surface area contributed by atoms with E-state index in [9.17, 15) is 9.59 Å². The number of rotatable bonds is 5. The van der Waals surface area contributed by atoms with Crippen LogP contribution in [0.25, 0.3) is 0 Å². The summed E-state index contributed by atoms with van der Waals surface area (Å²) < 4.78 is 5.13.